The number of fused-ring (bicyclic) bond motifs is 2. The van der Waals surface area contributed by atoms with Gasteiger partial charge in [-0.25, -0.2) is 0 Å². The molecule has 1 saturated heterocycles. The van der Waals surface area contributed by atoms with E-state index in [0.29, 0.717) is 6.42 Å². The molecule has 0 N–H and O–H groups in total. The lowest BCUT2D eigenvalue weighted by Crippen LogP contribution is -2.58. The molecular formula is C10H12Br2O3. The molecule has 2 aliphatic rings. The van der Waals surface area contributed by atoms with Crippen LogP contribution in [0.15, 0.2) is 0 Å². The number of hydrogen-bond donors (Lipinski definition) is 0. The van der Waals surface area contributed by atoms with Crippen LogP contribution in [-0.2, 0) is 14.3 Å². The predicted molar refractivity (Wildman–Crippen MR) is 62.0 cm³/mol. The third kappa shape index (κ3) is 1.22. The number of Topliss-reactive ketones (excluding diaryl/α,β-unsaturated/α-hetero) is 1. The van der Waals surface area contributed by atoms with Crippen molar-refractivity contribution in [1.29, 1.82) is 0 Å². The average Bonchev–Trinajstić information content (AvgIpc) is 2.20. The summed E-state index contributed by atoms with van der Waals surface area (Å²) < 4.78 is 4.47. The summed E-state index contributed by atoms with van der Waals surface area (Å²) in [6, 6.07) is 0. The Morgan fingerprint density at radius 2 is 1.80 bits per heavy atom. The summed E-state index contributed by atoms with van der Waals surface area (Å²) >= 11 is 6.66. The molecule has 0 amide bonds. The standard InChI is InChI=1S/C10H12Br2O3/c1-8(2)5-4-10(11,12)7(14)9(8,3)15-6(5)13/h5H,4H2,1-3H3/t5-,9-/m1/s1. The Kier molecular flexibility index (Phi) is 2.21. The SMILES string of the molecule is CC1(C)[C@@H]2CC(Br)(Br)C(=O)[C@@]1(C)OC2=O. The maximum Gasteiger partial charge on any atom is 0.310 e. The molecule has 2 bridgehead atoms. The molecule has 2 atom stereocenters. The Bertz CT molecular complexity index is 362. The second-order valence-corrected chi connectivity index (χ2v) is 8.74. The molecule has 2 rings (SSSR count). The van der Waals surface area contributed by atoms with Crippen LogP contribution < -0.4 is 0 Å². The number of ketones is 1. The predicted octanol–water partition coefficient (Wildman–Crippen LogP) is 2.40. The number of hydrogen-bond acceptors (Lipinski definition) is 3. The Morgan fingerprint density at radius 3 is 2.33 bits per heavy atom. The normalized spacial score (nSPS) is 41.5. The minimum atomic E-state index is -1.03. The van der Waals surface area contributed by atoms with Crippen LogP contribution in [0.4, 0.5) is 0 Å². The zero-order valence-electron chi connectivity index (χ0n) is 8.77. The summed E-state index contributed by atoms with van der Waals surface area (Å²) in [6.45, 7) is 5.52. The molecule has 0 unspecified atom stereocenters. The second-order valence-electron chi connectivity index (χ2n) is 4.97. The van der Waals surface area contributed by atoms with Crippen LogP contribution in [0.2, 0.25) is 0 Å². The van der Waals surface area contributed by atoms with Gasteiger partial charge in [-0.2, -0.15) is 0 Å². The number of rotatable bonds is 0. The van der Waals surface area contributed by atoms with E-state index >= 15 is 0 Å². The van der Waals surface area contributed by atoms with E-state index in [-0.39, 0.29) is 17.7 Å². The summed E-state index contributed by atoms with van der Waals surface area (Å²) in [5.74, 6) is -0.613. The van der Waals surface area contributed by atoms with Crippen molar-refractivity contribution >= 4 is 43.6 Å². The molecule has 15 heavy (non-hydrogen) atoms. The summed E-state index contributed by atoms with van der Waals surface area (Å²) in [4.78, 5) is 23.9. The molecule has 1 aliphatic heterocycles. The number of carbonyl (C=O) groups is 2. The van der Waals surface area contributed by atoms with Crippen LogP contribution >= 0.6 is 31.9 Å². The fourth-order valence-corrected chi connectivity index (χ4v) is 3.81. The number of esters is 1. The van der Waals surface area contributed by atoms with Gasteiger partial charge in [0, 0.05) is 5.41 Å². The van der Waals surface area contributed by atoms with Crippen LogP contribution in [0.1, 0.15) is 27.2 Å². The fourth-order valence-electron chi connectivity index (χ4n) is 2.41. The van der Waals surface area contributed by atoms with Crippen molar-refractivity contribution in [3.63, 3.8) is 0 Å². The molecule has 3 nitrogen and oxygen atoms in total. The van der Waals surface area contributed by atoms with E-state index in [1.54, 1.807) is 6.92 Å². The highest BCUT2D eigenvalue weighted by Crippen LogP contribution is 2.59. The molecule has 0 spiro atoms. The largest absolute Gasteiger partial charge is 0.450 e. The maximum absolute atomic E-state index is 12.2. The van der Waals surface area contributed by atoms with Gasteiger partial charge in [0.2, 0.25) is 5.78 Å². The zero-order chi connectivity index (χ0) is 11.6. The summed E-state index contributed by atoms with van der Waals surface area (Å²) in [7, 11) is 0. The monoisotopic (exact) mass is 338 g/mol. The van der Waals surface area contributed by atoms with E-state index in [2.05, 4.69) is 31.9 Å². The molecule has 0 aromatic rings. The lowest BCUT2D eigenvalue weighted by molar-refractivity contribution is -0.159. The fraction of sp³-hybridized carbons (Fsp3) is 0.800. The van der Waals surface area contributed by atoms with Crippen molar-refractivity contribution in [2.24, 2.45) is 11.3 Å². The van der Waals surface area contributed by atoms with E-state index in [1.165, 1.54) is 0 Å². The van der Waals surface area contributed by atoms with Crippen molar-refractivity contribution in [2.75, 3.05) is 0 Å². The van der Waals surface area contributed by atoms with E-state index in [1.807, 2.05) is 13.8 Å². The number of ether oxygens (including phenoxy) is 1. The summed E-state index contributed by atoms with van der Waals surface area (Å²) in [6.07, 6.45) is 0.438. The van der Waals surface area contributed by atoms with Crippen LogP contribution in [0.25, 0.3) is 0 Å². The first kappa shape index (κ1) is 11.6. The highest BCUT2D eigenvalue weighted by atomic mass is 79.9. The van der Waals surface area contributed by atoms with Gasteiger partial charge in [-0.3, -0.25) is 9.59 Å². The van der Waals surface area contributed by atoms with Gasteiger partial charge in [0.25, 0.3) is 0 Å². The molecular weight excluding hydrogens is 328 g/mol. The first-order chi connectivity index (χ1) is 6.63. The van der Waals surface area contributed by atoms with E-state index < -0.39 is 14.2 Å². The minimum absolute atomic E-state index is 0.109. The van der Waals surface area contributed by atoms with Gasteiger partial charge in [-0.05, 0) is 13.3 Å². The molecule has 0 aromatic carbocycles. The van der Waals surface area contributed by atoms with Gasteiger partial charge in [0.05, 0.1) is 5.92 Å². The van der Waals surface area contributed by atoms with Crippen LogP contribution in [-0.4, -0.2) is 20.6 Å². The van der Waals surface area contributed by atoms with Crippen LogP contribution in [0.3, 0.4) is 0 Å². The van der Waals surface area contributed by atoms with E-state index in [9.17, 15) is 9.59 Å². The van der Waals surface area contributed by atoms with Crippen LogP contribution in [0, 0.1) is 11.3 Å². The highest BCUT2D eigenvalue weighted by Gasteiger charge is 2.70. The van der Waals surface area contributed by atoms with Gasteiger partial charge >= 0.3 is 5.97 Å². The third-order valence-corrected chi connectivity index (χ3v) is 5.28. The Hall–Kier alpha value is 0.1000. The van der Waals surface area contributed by atoms with Gasteiger partial charge in [-0.1, -0.05) is 45.7 Å². The summed E-state index contributed by atoms with van der Waals surface area (Å²) in [5.41, 5.74) is -1.47. The van der Waals surface area contributed by atoms with E-state index in [4.69, 9.17) is 4.74 Å². The first-order valence-electron chi connectivity index (χ1n) is 4.78. The molecule has 5 heteroatoms. The van der Waals surface area contributed by atoms with Crippen molar-refractivity contribution in [3.8, 4) is 0 Å². The molecule has 1 heterocycles. The quantitative estimate of drug-likeness (QED) is 0.503. The van der Waals surface area contributed by atoms with Gasteiger partial charge in [0.1, 0.15) is 3.23 Å². The first-order valence-corrected chi connectivity index (χ1v) is 6.37. The Labute approximate surface area is 105 Å². The lowest BCUT2D eigenvalue weighted by Gasteiger charge is -2.44. The number of alkyl halides is 2. The Morgan fingerprint density at radius 1 is 1.27 bits per heavy atom. The van der Waals surface area contributed by atoms with Gasteiger partial charge in [-0.15, -0.1) is 0 Å². The van der Waals surface area contributed by atoms with Gasteiger partial charge in [0.15, 0.2) is 5.60 Å². The molecule has 0 aromatic heterocycles. The summed E-state index contributed by atoms with van der Waals surface area (Å²) in [5, 5.41) is 0. The molecule has 2 fully saturated rings. The van der Waals surface area contributed by atoms with E-state index in [0.717, 1.165) is 0 Å². The number of halogens is 2. The maximum atomic E-state index is 12.2. The average molecular weight is 340 g/mol. The third-order valence-electron chi connectivity index (χ3n) is 3.92. The zero-order valence-corrected chi connectivity index (χ0v) is 11.9. The second kappa shape index (κ2) is 2.86. The van der Waals surface area contributed by atoms with Crippen LogP contribution in [0.5, 0.6) is 0 Å². The lowest BCUT2D eigenvalue weighted by atomic mass is 9.62. The van der Waals surface area contributed by atoms with Crippen molar-refractivity contribution < 1.29 is 14.3 Å². The van der Waals surface area contributed by atoms with Gasteiger partial charge < -0.3 is 4.74 Å². The Balaban J connectivity index is 2.58. The van der Waals surface area contributed by atoms with Crippen molar-refractivity contribution in [3.05, 3.63) is 0 Å². The number of carbonyl (C=O) groups excluding carboxylic acids is 2. The van der Waals surface area contributed by atoms with Crippen molar-refractivity contribution in [2.45, 2.75) is 36.0 Å². The van der Waals surface area contributed by atoms with Crippen molar-refractivity contribution in [1.82, 2.24) is 0 Å². The molecule has 84 valence electrons. The molecule has 1 aliphatic carbocycles. The minimum Gasteiger partial charge on any atom is -0.450 e. The highest BCUT2D eigenvalue weighted by molar-refractivity contribution is 9.25. The smallest absolute Gasteiger partial charge is 0.310 e. The topological polar surface area (TPSA) is 43.4 Å². The molecule has 1 saturated carbocycles. The molecule has 0 radical (unpaired) electrons.